The highest BCUT2D eigenvalue weighted by atomic mass is 16.1. The molecule has 1 N–H and O–H groups in total. The van der Waals surface area contributed by atoms with Crippen LogP contribution in [0, 0.1) is 11.8 Å². The lowest BCUT2D eigenvalue weighted by molar-refractivity contribution is 0.0993. The van der Waals surface area contributed by atoms with E-state index >= 15 is 0 Å². The van der Waals surface area contributed by atoms with Crippen molar-refractivity contribution in [3.8, 4) is 0 Å². The van der Waals surface area contributed by atoms with Crippen molar-refractivity contribution in [3.63, 3.8) is 0 Å². The van der Waals surface area contributed by atoms with Crippen LogP contribution < -0.4 is 5.32 Å². The van der Waals surface area contributed by atoms with Crippen LogP contribution in [0.25, 0.3) is 0 Å². The monoisotopic (exact) mass is 349 g/mol. The smallest absolute Gasteiger partial charge is 0.167 e. The second kappa shape index (κ2) is 6.66. The lowest BCUT2D eigenvalue weighted by Crippen LogP contribution is -2.20. The molecule has 0 bridgehead atoms. The number of carbonyl (C=O) groups is 1. The van der Waals surface area contributed by atoms with Crippen LogP contribution in [0.3, 0.4) is 0 Å². The first-order valence-electron chi connectivity index (χ1n) is 10.1. The summed E-state index contributed by atoms with van der Waals surface area (Å²) < 4.78 is 2.00. The predicted molar refractivity (Wildman–Crippen MR) is 101 cm³/mol. The summed E-state index contributed by atoms with van der Waals surface area (Å²) in [6.45, 7) is 2.17. The average molecular weight is 349 g/mol. The van der Waals surface area contributed by atoms with Gasteiger partial charge >= 0.3 is 0 Å². The number of aromatic nitrogens is 2. The SMILES string of the molecule is O=C(Cc1cnn(CC2CC2)c1)c1cccc(C2CC2NCC2CC2)c1. The van der Waals surface area contributed by atoms with Crippen LogP contribution >= 0.6 is 0 Å². The Hall–Kier alpha value is -1.94. The maximum Gasteiger partial charge on any atom is 0.167 e. The fourth-order valence-electron chi connectivity index (χ4n) is 3.82. The van der Waals surface area contributed by atoms with Crippen molar-refractivity contribution < 1.29 is 4.79 Å². The molecule has 5 rings (SSSR count). The van der Waals surface area contributed by atoms with Gasteiger partial charge in [-0.1, -0.05) is 18.2 Å². The molecule has 2 atom stereocenters. The molecule has 4 heteroatoms. The van der Waals surface area contributed by atoms with Crippen LogP contribution in [0.2, 0.25) is 0 Å². The van der Waals surface area contributed by atoms with Gasteiger partial charge in [-0.15, -0.1) is 0 Å². The van der Waals surface area contributed by atoms with Gasteiger partial charge in [0.25, 0.3) is 0 Å². The predicted octanol–water partition coefficient (Wildman–Crippen LogP) is 3.57. The molecule has 0 saturated heterocycles. The van der Waals surface area contributed by atoms with Crippen molar-refractivity contribution in [1.29, 1.82) is 0 Å². The second-order valence-corrected chi connectivity index (χ2v) is 8.54. The molecule has 0 spiro atoms. The molecule has 0 radical (unpaired) electrons. The number of hydrogen-bond donors (Lipinski definition) is 1. The van der Waals surface area contributed by atoms with Crippen LogP contribution in [-0.2, 0) is 13.0 Å². The third-order valence-electron chi connectivity index (χ3n) is 5.99. The van der Waals surface area contributed by atoms with Gasteiger partial charge in [-0.2, -0.15) is 5.10 Å². The molecule has 3 aliphatic carbocycles. The Kier molecular flexibility index (Phi) is 4.16. The Bertz CT molecular complexity index is 803. The highest BCUT2D eigenvalue weighted by molar-refractivity contribution is 5.97. The molecule has 3 saturated carbocycles. The fourth-order valence-corrected chi connectivity index (χ4v) is 3.82. The third kappa shape index (κ3) is 3.90. The van der Waals surface area contributed by atoms with Crippen LogP contribution in [0.15, 0.2) is 36.7 Å². The van der Waals surface area contributed by atoms with Gasteiger partial charge in [-0.3, -0.25) is 9.48 Å². The summed E-state index contributed by atoms with van der Waals surface area (Å²) in [7, 11) is 0. The van der Waals surface area contributed by atoms with Gasteiger partial charge in [0.15, 0.2) is 5.78 Å². The summed E-state index contributed by atoms with van der Waals surface area (Å²) in [6.07, 6.45) is 11.0. The minimum Gasteiger partial charge on any atom is -0.313 e. The molecule has 3 aliphatic rings. The van der Waals surface area contributed by atoms with Gasteiger partial charge in [0, 0.05) is 36.7 Å². The normalized spacial score (nSPS) is 24.6. The molecule has 4 nitrogen and oxygen atoms in total. The third-order valence-corrected chi connectivity index (χ3v) is 5.99. The topological polar surface area (TPSA) is 46.9 Å². The Labute approximate surface area is 155 Å². The first kappa shape index (κ1) is 16.2. The number of benzene rings is 1. The minimum atomic E-state index is 0.195. The molecule has 26 heavy (non-hydrogen) atoms. The van der Waals surface area contributed by atoms with Crippen LogP contribution in [0.5, 0.6) is 0 Å². The molecular weight excluding hydrogens is 322 g/mol. The molecule has 136 valence electrons. The van der Waals surface area contributed by atoms with Gasteiger partial charge in [-0.25, -0.2) is 0 Å². The number of nitrogens with zero attached hydrogens (tertiary/aromatic N) is 2. The van der Waals surface area contributed by atoms with Crippen molar-refractivity contribution in [2.45, 2.75) is 57.0 Å². The van der Waals surface area contributed by atoms with Crippen molar-refractivity contribution in [2.75, 3.05) is 6.54 Å². The molecule has 0 aliphatic heterocycles. The number of ketones is 1. The van der Waals surface area contributed by atoms with Crippen molar-refractivity contribution in [3.05, 3.63) is 53.3 Å². The number of nitrogens with one attached hydrogen (secondary N) is 1. The molecule has 3 fully saturated rings. The number of Topliss-reactive ketones (excluding diaryl/α,β-unsaturated/α-hetero) is 1. The van der Waals surface area contributed by atoms with Gasteiger partial charge < -0.3 is 5.32 Å². The summed E-state index contributed by atoms with van der Waals surface area (Å²) in [5, 5.41) is 8.09. The molecular formula is C22H27N3O. The highest BCUT2D eigenvalue weighted by Crippen LogP contribution is 2.42. The quantitative estimate of drug-likeness (QED) is 0.704. The van der Waals surface area contributed by atoms with Gasteiger partial charge in [0.05, 0.1) is 6.20 Å². The summed E-state index contributed by atoms with van der Waals surface area (Å²) in [5.74, 6) is 2.50. The molecule has 2 unspecified atom stereocenters. The molecule has 0 amide bonds. The summed E-state index contributed by atoms with van der Waals surface area (Å²) in [4.78, 5) is 12.7. The average Bonchev–Trinajstić information content (AvgIpc) is 3.50. The summed E-state index contributed by atoms with van der Waals surface area (Å²) in [5.41, 5.74) is 3.18. The van der Waals surface area contributed by atoms with E-state index in [1.54, 1.807) is 0 Å². The minimum absolute atomic E-state index is 0.195. The van der Waals surface area contributed by atoms with E-state index in [0.29, 0.717) is 18.4 Å². The Morgan fingerprint density at radius 1 is 1.19 bits per heavy atom. The van der Waals surface area contributed by atoms with E-state index in [2.05, 4.69) is 22.5 Å². The van der Waals surface area contributed by atoms with Crippen LogP contribution in [0.1, 0.15) is 59.5 Å². The summed E-state index contributed by atoms with van der Waals surface area (Å²) in [6, 6.07) is 8.89. The van der Waals surface area contributed by atoms with E-state index in [1.807, 2.05) is 29.2 Å². The van der Waals surface area contributed by atoms with E-state index in [1.165, 1.54) is 44.2 Å². The lowest BCUT2D eigenvalue weighted by atomic mass is 10.0. The zero-order valence-corrected chi connectivity index (χ0v) is 15.2. The van der Waals surface area contributed by atoms with E-state index in [-0.39, 0.29) is 5.78 Å². The number of hydrogen-bond acceptors (Lipinski definition) is 3. The molecule has 1 heterocycles. The van der Waals surface area contributed by atoms with Crippen LogP contribution in [0.4, 0.5) is 0 Å². The van der Waals surface area contributed by atoms with E-state index in [0.717, 1.165) is 29.5 Å². The Morgan fingerprint density at radius 3 is 2.85 bits per heavy atom. The van der Waals surface area contributed by atoms with Crippen molar-refractivity contribution >= 4 is 5.78 Å². The summed E-state index contributed by atoms with van der Waals surface area (Å²) >= 11 is 0. The van der Waals surface area contributed by atoms with E-state index in [4.69, 9.17) is 0 Å². The maximum atomic E-state index is 12.7. The zero-order chi connectivity index (χ0) is 17.5. The zero-order valence-electron chi connectivity index (χ0n) is 15.2. The van der Waals surface area contributed by atoms with Crippen molar-refractivity contribution in [1.82, 2.24) is 15.1 Å². The first-order chi connectivity index (χ1) is 12.7. The van der Waals surface area contributed by atoms with Gasteiger partial charge in [-0.05, 0) is 67.7 Å². The van der Waals surface area contributed by atoms with Crippen molar-refractivity contribution in [2.24, 2.45) is 11.8 Å². The first-order valence-corrected chi connectivity index (χ1v) is 10.1. The second-order valence-electron chi connectivity index (χ2n) is 8.54. The Morgan fingerprint density at radius 2 is 2.04 bits per heavy atom. The number of rotatable bonds is 9. The van der Waals surface area contributed by atoms with Crippen LogP contribution in [-0.4, -0.2) is 28.2 Å². The Balaban J connectivity index is 1.19. The number of carbonyl (C=O) groups excluding carboxylic acids is 1. The van der Waals surface area contributed by atoms with Gasteiger partial charge in [0.2, 0.25) is 0 Å². The van der Waals surface area contributed by atoms with Gasteiger partial charge in [0.1, 0.15) is 0 Å². The highest BCUT2D eigenvalue weighted by Gasteiger charge is 2.39. The molecule has 1 aromatic carbocycles. The fraction of sp³-hybridized carbons (Fsp3) is 0.545. The van der Waals surface area contributed by atoms with E-state index < -0.39 is 0 Å². The van der Waals surface area contributed by atoms with E-state index in [9.17, 15) is 4.79 Å². The lowest BCUT2D eigenvalue weighted by Gasteiger charge is -2.06. The largest absolute Gasteiger partial charge is 0.313 e. The molecule has 1 aromatic heterocycles. The molecule has 2 aromatic rings. The standard InChI is InChI=1S/C22H27N3O/c26-22(8-17-12-24-25(14-17)13-16-6-7-16)19-3-1-2-18(9-19)20-10-21(20)23-11-15-4-5-15/h1-3,9,12,14-16,20-21,23H,4-8,10-11,13H2. The maximum absolute atomic E-state index is 12.7.